The van der Waals surface area contributed by atoms with Gasteiger partial charge in [0.1, 0.15) is 0 Å². The van der Waals surface area contributed by atoms with E-state index < -0.39 is 0 Å². The number of nitrogens with zero attached hydrogens (tertiary/aromatic N) is 2. The van der Waals surface area contributed by atoms with Gasteiger partial charge in [-0.15, -0.1) is 0 Å². The summed E-state index contributed by atoms with van der Waals surface area (Å²) in [5.74, 6) is -0.550. The van der Waals surface area contributed by atoms with Crippen molar-refractivity contribution in [3.63, 3.8) is 0 Å². The molecule has 0 saturated heterocycles. The molecule has 0 radical (unpaired) electrons. The van der Waals surface area contributed by atoms with Crippen LogP contribution >= 0.6 is 0 Å². The molecule has 0 atom stereocenters. The highest BCUT2D eigenvalue weighted by Gasteiger charge is 2.35. The molecule has 1 aromatic heterocycles. The third-order valence-corrected chi connectivity index (χ3v) is 3.15. The number of nitrogens with one attached hydrogen (secondary N) is 1. The van der Waals surface area contributed by atoms with Gasteiger partial charge in [-0.1, -0.05) is 0 Å². The molecule has 96 valence electrons. The maximum Gasteiger partial charge on any atom is 0.261 e. The maximum atomic E-state index is 12.1. The molecule has 0 spiro atoms. The minimum atomic E-state index is -0.285. The Balaban J connectivity index is 1.82. The Hall–Kier alpha value is -2.63. The summed E-state index contributed by atoms with van der Waals surface area (Å²) >= 11 is 0. The Kier molecular flexibility index (Phi) is 2.56. The average Bonchev–Trinajstić information content (AvgIpc) is 2.98. The molecular formula is C13H12N4O2. The van der Waals surface area contributed by atoms with Crippen LogP contribution in [0.15, 0.2) is 30.7 Å². The predicted octanol–water partition coefficient (Wildman–Crippen LogP) is 0.831. The number of hydrogen-bond acceptors (Lipinski definition) is 4. The van der Waals surface area contributed by atoms with Crippen molar-refractivity contribution in [2.24, 2.45) is 0 Å². The largest absolute Gasteiger partial charge is 0.399 e. The molecule has 0 unspecified atom stereocenters. The lowest BCUT2D eigenvalue weighted by atomic mass is 10.1. The summed E-state index contributed by atoms with van der Waals surface area (Å²) in [6.07, 6.45) is 3.80. The van der Waals surface area contributed by atoms with E-state index in [-0.39, 0.29) is 11.8 Å². The van der Waals surface area contributed by atoms with Crippen LogP contribution in [0.3, 0.4) is 0 Å². The fourth-order valence-corrected chi connectivity index (χ4v) is 2.17. The average molecular weight is 256 g/mol. The molecule has 1 aliphatic rings. The minimum Gasteiger partial charge on any atom is -0.399 e. The Labute approximate surface area is 109 Å². The molecule has 6 nitrogen and oxygen atoms in total. The van der Waals surface area contributed by atoms with E-state index in [1.807, 2.05) is 0 Å². The van der Waals surface area contributed by atoms with Crippen molar-refractivity contribution in [3.05, 3.63) is 47.5 Å². The number of amides is 2. The van der Waals surface area contributed by atoms with Crippen molar-refractivity contribution < 1.29 is 9.59 Å². The van der Waals surface area contributed by atoms with E-state index in [9.17, 15) is 9.59 Å². The molecule has 3 N–H and O–H groups in total. The van der Waals surface area contributed by atoms with Gasteiger partial charge in [0, 0.05) is 30.5 Å². The van der Waals surface area contributed by atoms with E-state index in [1.54, 1.807) is 30.7 Å². The molecule has 2 aromatic rings. The summed E-state index contributed by atoms with van der Waals surface area (Å²) in [7, 11) is 0. The number of H-pyrrole nitrogens is 1. The van der Waals surface area contributed by atoms with Crippen LogP contribution in [0.2, 0.25) is 0 Å². The van der Waals surface area contributed by atoms with Gasteiger partial charge in [0.05, 0.1) is 17.5 Å². The summed E-state index contributed by atoms with van der Waals surface area (Å²) in [5.41, 5.74) is 7.81. The van der Waals surface area contributed by atoms with Crippen molar-refractivity contribution in [2.75, 3.05) is 12.3 Å². The topological polar surface area (TPSA) is 92.1 Å². The van der Waals surface area contributed by atoms with E-state index in [4.69, 9.17) is 5.73 Å². The quantitative estimate of drug-likeness (QED) is 0.628. The minimum absolute atomic E-state index is 0.264. The van der Waals surface area contributed by atoms with Gasteiger partial charge in [-0.2, -0.15) is 0 Å². The van der Waals surface area contributed by atoms with Crippen LogP contribution in [0.25, 0.3) is 0 Å². The Morgan fingerprint density at radius 3 is 2.74 bits per heavy atom. The van der Waals surface area contributed by atoms with Gasteiger partial charge in [-0.25, -0.2) is 4.98 Å². The molecular weight excluding hydrogens is 244 g/mol. The number of carbonyl (C=O) groups excluding carboxylic acids is 2. The van der Waals surface area contributed by atoms with Gasteiger partial charge >= 0.3 is 0 Å². The van der Waals surface area contributed by atoms with Gasteiger partial charge in [-0.05, 0) is 18.2 Å². The normalized spacial score (nSPS) is 14.0. The number of aromatic amines is 1. The highest BCUT2D eigenvalue weighted by molar-refractivity contribution is 6.21. The first-order chi connectivity index (χ1) is 9.16. The summed E-state index contributed by atoms with van der Waals surface area (Å²) in [5, 5.41) is 0. The van der Waals surface area contributed by atoms with Crippen molar-refractivity contribution in [2.45, 2.75) is 6.42 Å². The van der Waals surface area contributed by atoms with Crippen molar-refractivity contribution in [3.8, 4) is 0 Å². The maximum absolute atomic E-state index is 12.1. The zero-order valence-corrected chi connectivity index (χ0v) is 10.1. The van der Waals surface area contributed by atoms with E-state index in [2.05, 4.69) is 9.97 Å². The standard InChI is InChI=1S/C13H12N4O2/c14-8-1-2-10-11(5-8)13(19)17(12(10)18)4-3-9-6-15-7-16-9/h1-2,5-7H,3-4,14H2,(H,15,16). The van der Waals surface area contributed by atoms with Crippen LogP contribution in [0.4, 0.5) is 5.69 Å². The van der Waals surface area contributed by atoms with Crippen LogP contribution in [0, 0.1) is 0 Å². The van der Waals surface area contributed by atoms with Crippen LogP contribution < -0.4 is 5.73 Å². The number of fused-ring (bicyclic) bond motifs is 1. The number of carbonyl (C=O) groups is 2. The molecule has 2 heterocycles. The first-order valence-electron chi connectivity index (χ1n) is 5.90. The molecule has 0 saturated carbocycles. The number of nitrogens with two attached hydrogens (primary N) is 1. The molecule has 1 aromatic carbocycles. The summed E-state index contributed by atoms with van der Waals surface area (Å²) < 4.78 is 0. The smallest absolute Gasteiger partial charge is 0.261 e. The molecule has 0 bridgehead atoms. The highest BCUT2D eigenvalue weighted by atomic mass is 16.2. The number of imidazole rings is 1. The van der Waals surface area contributed by atoms with E-state index in [1.165, 1.54) is 4.90 Å². The van der Waals surface area contributed by atoms with Gasteiger partial charge < -0.3 is 10.7 Å². The number of aromatic nitrogens is 2. The predicted molar refractivity (Wildman–Crippen MR) is 68.5 cm³/mol. The third-order valence-electron chi connectivity index (χ3n) is 3.15. The van der Waals surface area contributed by atoms with Crippen LogP contribution in [-0.2, 0) is 6.42 Å². The first-order valence-corrected chi connectivity index (χ1v) is 5.90. The van der Waals surface area contributed by atoms with Gasteiger partial charge in [0.15, 0.2) is 0 Å². The van der Waals surface area contributed by atoms with E-state index in [0.29, 0.717) is 29.8 Å². The second-order valence-electron chi connectivity index (χ2n) is 4.39. The Bertz CT molecular complexity index is 649. The number of nitrogen functional groups attached to an aromatic ring is 1. The fourth-order valence-electron chi connectivity index (χ4n) is 2.17. The first kappa shape index (κ1) is 11.5. The number of benzene rings is 1. The summed E-state index contributed by atoms with van der Waals surface area (Å²) in [6, 6.07) is 4.77. The van der Waals surface area contributed by atoms with Gasteiger partial charge in [-0.3, -0.25) is 14.5 Å². The number of imide groups is 1. The summed E-state index contributed by atoms with van der Waals surface area (Å²) in [6.45, 7) is 0.328. The lowest BCUT2D eigenvalue weighted by molar-refractivity contribution is 0.0656. The lowest BCUT2D eigenvalue weighted by Crippen LogP contribution is -2.31. The molecule has 19 heavy (non-hydrogen) atoms. The van der Waals surface area contributed by atoms with E-state index >= 15 is 0 Å². The second kappa shape index (κ2) is 4.24. The van der Waals surface area contributed by atoms with Gasteiger partial charge in [0.2, 0.25) is 0 Å². The zero-order chi connectivity index (χ0) is 13.4. The van der Waals surface area contributed by atoms with Crippen molar-refractivity contribution >= 4 is 17.5 Å². The van der Waals surface area contributed by atoms with Crippen LogP contribution in [0.1, 0.15) is 26.4 Å². The molecule has 1 aliphatic heterocycles. The monoisotopic (exact) mass is 256 g/mol. The number of hydrogen-bond donors (Lipinski definition) is 2. The number of anilines is 1. The molecule has 6 heteroatoms. The van der Waals surface area contributed by atoms with Crippen molar-refractivity contribution in [1.29, 1.82) is 0 Å². The van der Waals surface area contributed by atoms with Crippen molar-refractivity contribution in [1.82, 2.24) is 14.9 Å². The van der Waals surface area contributed by atoms with Gasteiger partial charge in [0.25, 0.3) is 11.8 Å². The number of rotatable bonds is 3. The van der Waals surface area contributed by atoms with Crippen LogP contribution in [-0.4, -0.2) is 33.2 Å². The SMILES string of the molecule is Nc1ccc2c(c1)C(=O)N(CCc1cnc[nH]1)C2=O. The Morgan fingerprint density at radius 2 is 2.00 bits per heavy atom. The fraction of sp³-hybridized carbons (Fsp3) is 0.154. The van der Waals surface area contributed by atoms with Crippen LogP contribution in [0.5, 0.6) is 0 Å². The lowest BCUT2D eigenvalue weighted by Gasteiger charge is -2.12. The Morgan fingerprint density at radius 1 is 1.21 bits per heavy atom. The zero-order valence-electron chi connectivity index (χ0n) is 10.1. The molecule has 2 amide bonds. The third kappa shape index (κ3) is 1.87. The molecule has 0 fully saturated rings. The van der Waals surface area contributed by atoms with E-state index in [0.717, 1.165) is 5.69 Å². The second-order valence-corrected chi connectivity index (χ2v) is 4.39. The highest BCUT2D eigenvalue weighted by Crippen LogP contribution is 2.24. The summed E-state index contributed by atoms with van der Waals surface area (Å²) in [4.78, 5) is 32.3. The molecule has 0 aliphatic carbocycles. The molecule has 3 rings (SSSR count).